The second kappa shape index (κ2) is 7.05. The number of aliphatic hydroxyl groups excluding tert-OH is 1. The molecule has 106 valence electrons. The van der Waals surface area contributed by atoms with E-state index in [1.54, 1.807) is 30.3 Å². The Morgan fingerprint density at radius 2 is 1.65 bits per heavy atom. The lowest BCUT2D eigenvalue weighted by atomic mass is 10.2. The van der Waals surface area contributed by atoms with Crippen LogP contribution >= 0.6 is 0 Å². The van der Waals surface area contributed by atoms with Crippen LogP contribution in [-0.2, 0) is 19.1 Å². The Labute approximate surface area is 113 Å². The van der Waals surface area contributed by atoms with E-state index >= 15 is 0 Å². The number of aliphatic hydroxyl groups is 1. The number of hydrogen-bond donors (Lipinski definition) is 3. The minimum absolute atomic E-state index is 0.676. The summed E-state index contributed by atoms with van der Waals surface area (Å²) in [5.41, 5.74) is 0.676. The Morgan fingerprint density at radius 1 is 1.05 bits per heavy atom. The highest BCUT2D eigenvalue weighted by atomic mass is 16.6. The van der Waals surface area contributed by atoms with Gasteiger partial charge >= 0.3 is 17.9 Å². The molecule has 7 heteroatoms. The fourth-order valence-electron chi connectivity index (χ4n) is 1.27. The van der Waals surface area contributed by atoms with Gasteiger partial charge in [-0.15, -0.1) is 0 Å². The zero-order valence-corrected chi connectivity index (χ0v) is 10.2. The lowest BCUT2D eigenvalue weighted by Gasteiger charge is -2.15. The highest BCUT2D eigenvalue weighted by Crippen LogP contribution is 2.05. The first-order valence-corrected chi connectivity index (χ1v) is 5.49. The van der Waals surface area contributed by atoms with E-state index in [9.17, 15) is 14.4 Å². The summed E-state index contributed by atoms with van der Waals surface area (Å²) in [4.78, 5) is 32.6. The molecule has 1 aromatic carbocycles. The van der Waals surface area contributed by atoms with Crippen LogP contribution < -0.4 is 0 Å². The van der Waals surface area contributed by atoms with Crippen molar-refractivity contribution in [3.05, 3.63) is 42.0 Å². The van der Waals surface area contributed by atoms with Crippen LogP contribution in [0.4, 0.5) is 0 Å². The van der Waals surface area contributed by atoms with E-state index in [4.69, 9.17) is 15.3 Å². The molecule has 1 rings (SSSR count). The van der Waals surface area contributed by atoms with Gasteiger partial charge in [0.15, 0.2) is 6.10 Å². The number of hydrogen-bond acceptors (Lipinski definition) is 5. The molecule has 0 spiro atoms. The molecule has 2 atom stereocenters. The van der Waals surface area contributed by atoms with Crippen LogP contribution in [0.1, 0.15) is 5.56 Å². The smallest absolute Gasteiger partial charge is 0.348 e. The van der Waals surface area contributed by atoms with Gasteiger partial charge in [-0.3, -0.25) is 0 Å². The third-order valence-electron chi connectivity index (χ3n) is 2.24. The van der Waals surface area contributed by atoms with E-state index in [1.807, 2.05) is 0 Å². The van der Waals surface area contributed by atoms with Crippen molar-refractivity contribution in [1.82, 2.24) is 0 Å². The quantitative estimate of drug-likeness (QED) is 0.500. The van der Waals surface area contributed by atoms with Gasteiger partial charge in [-0.25, -0.2) is 14.4 Å². The monoisotopic (exact) mass is 280 g/mol. The van der Waals surface area contributed by atoms with Crippen LogP contribution in [-0.4, -0.2) is 45.4 Å². The van der Waals surface area contributed by atoms with Crippen LogP contribution in [0.2, 0.25) is 0 Å². The molecular formula is C13H12O7. The summed E-state index contributed by atoms with van der Waals surface area (Å²) >= 11 is 0. The maximum atomic E-state index is 11.4. The number of carbonyl (C=O) groups excluding carboxylic acids is 1. The minimum Gasteiger partial charge on any atom is -0.479 e. The topological polar surface area (TPSA) is 121 Å². The van der Waals surface area contributed by atoms with Crippen molar-refractivity contribution in [2.24, 2.45) is 0 Å². The van der Waals surface area contributed by atoms with E-state index in [1.165, 1.54) is 6.08 Å². The summed E-state index contributed by atoms with van der Waals surface area (Å²) in [7, 11) is 0. The van der Waals surface area contributed by atoms with E-state index in [0.29, 0.717) is 5.56 Å². The Kier molecular flexibility index (Phi) is 5.42. The lowest BCUT2D eigenvalue weighted by molar-refractivity contribution is -0.176. The third-order valence-corrected chi connectivity index (χ3v) is 2.24. The maximum absolute atomic E-state index is 11.4. The van der Waals surface area contributed by atoms with Crippen molar-refractivity contribution >= 4 is 24.0 Å². The van der Waals surface area contributed by atoms with Crippen LogP contribution in [0.3, 0.4) is 0 Å². The molecule has 0 radical (unpaired) electrons. The molecule has 0 fully saturated rings. The number of ether oxygens (including phenoxy) is 1. The molecule has 0 saturated carbocycles. The predicted octanol–water partition coefficient (Wildman–Crippen LogP) is 0.142. The number of esters is 1. The number of carboxylic acids is 2. The zero-order chi connectivity index (χ0) is 15.1. The minimum atomic E-state index is -2.33. The van der Waals surface area contributed by atoms with Crippen LogP contribution in [0.5, 0.6) is 0 Å². The van der Waals surface area contributed by atoms with E-state index < -0.39 is 30.1 Å². The van der Waals surface area contributed by atoms with Crippen LogP contribution in [0.15, 0.2) is 36.4 Å². The van der Waals surface area contributed by atoms with Crippen molar-refractivity contribution in [2.45, 2.75) is 12.2 Å². The molecule has 0 bridgehead atoms. The Morgan fingerprint density at radius 3 is 2.15 bits per heavy atom. The van der Waals surface area contributed by atoms with Crippen molar-refractivity contribution < 1.29 is 34.4 Å². The summed E-state index contributed by atoms with van der Waals surface area (Å²) in [5, 5.41) is 26.3. The van der Waals surface area contributed by atoms with Crippen LogP contribution in [0, 0.1) is 0 Å². The van der Waals surface area contributed by atoms with Gasteiger partial charge in [-0.2, -0.15) is 0 Å². The standard InChI is InChI=1S/C13H12O7/c14-9(7-6-8-4-2-1-3-5-8)20-11(13(18)19)10(15)12(16)17/h1-7,10-11,15H,(H,16,17)(H,18,19). The molecule has 7 nitrogen and oxygen atoms in total. The highest BCUT2D eigenvalue weighted by molar-refractivity contribution is 5.91. The van der Waals surface area contributed by atoms with Crippen molar-refractivity contribution in [2.75, 3.05) is 0 Å². The summed E-state index contributed by atoms with van der Waals surface area (Å²) < 4.78 is 4.40. The molecular weight excluding hydrogens is 268 g/mol. The van der Waals surface area contributed by atoms with Gasteiger partial charge in [-0.1, -0.05) is 30.3 Å². The number of carboxylic acid groups (broad SMARTS) is 2. The highest BCUT2D eigenvalue weighted by Gasteiger charge is 2.35. The average molecular weight is 280 g/mol. The number of rotatable bonds is 6. The molecule has 0 heterocycles. The Hall–Kier alpha value is -2.67. The third kappa shape index (κ3) is 4.54. The first-order chi connectivity index (χ1) is 9.41. The molecule has 0 saturated heterocycles. The predicted molar refractivity (Wildman–Crippen MR) is 66.6 cm³/mol. The van der Waals surface area contributed by atoms with E-state index in [0.717, 1.165) is 6.08 Å². The fourth-order valence-corrected chi connectivity index (χ4v) is 1.27. The van der Waals surface area contributed by atoms with Gasteiger partial charge in [0.25, 0.3) is 0 Å². The van der Waals surface area contributed by atoms with Crippen molar-refractivity contribution in [3.63, 3.8) is 0 Å². The summed E-state index contributed by atoms with van der Waals surface area (Å²) in [6.07, 6.45) is -2.18. The zero-order valence-electron chi connectivity index (χ0n) is 10.2. The molecule has 0 amide bonds. The van der Waals surface area contributed by atoms with Gasteiger partial charge in [0, 0.05) is 6.08 Å². The summed E-state index contributed by atoms with van der Waals surface area (Å²) in [5.74, 6) is -4.61. The second-order valence-corrected chi connectivity index (χ2v) is 3.72. The molecule has 0 aromatic heterocycles. The van der Waals surface area contributed by atoms with E-state index in [-0.39, 0.29) is 0 Å². The molecule has 0 aliphatic carbocycles. The van der Waals surface area contributed by atoms with Gasteiger partial charge < -0.3 is 20.1 Å². The second-order valence-electron chi connectivity index (χ2n) is 3.72. The maximum Gasteiger partial charge on any atom is 0.348 e. The van der Waals surface area contributed by atoms with Gasteiger partial charge in [-0.05, 0) is 11.6 Å². The number of aliphatic carboxylic acids is 2. The first kappa shape index (κ1) is 15.4. The molecule has 2 unspecified atom stereocenters. The first-order valence-electron chi connectivity index (χ1n) is 5.49. The molecule has 20 heavy (non-hydrogen) atoms. The summed E-state index contributed by atoms with van der Waals surface area (Å²) in [6.45, 7) is 0. The van der Waals surface area contributed by atoms with Gasteiger partial charge in [0.05, 0.1) is 0 Å². The molecule has 1 aromatic rings. The Balaban J connectivity index is 2.70. The fraction of sp³-hybridized carbons (Fsp3) is 0.154. The SMILES string of the molecule is O=C(C=Cc1ccccc1)OC(C(=O)O)C(O)C(=O)O. The number of carbonyl (C=O) groups is 3. The number of benzene rings is 1. The van der Waals surface area contributed by atoms with Crippen molar-refractivity contribution in [1.29, 1.82) is 0 Å². The van der Waals surface area contributed by atoms with Gasteiger partial charge in [0.2, 0.25) is 6.10 Å². The lowest BCUT2D eigenvalue weighted by Crippen LogP contribution is -2.42. The molecule has 0 aliphatic rings. The van der Waals surface area contributed by atoms with E-state index in [2.05, 4.69) is 4.74 Å². The van der Waals surface area contributed by atoms with Crippen molar-refractivity contribution in [3.8, 4) is 0 Å². The summed E-state index contributed by atoms with van der Waals surface area (Å²) in [6, 6.07) is 8.65. The largest absolute Gasteiger partial charge is 0.479 e. The normalized spacial score (nSPS) is 13.7. The molecule has 0 aliphatic heterocycles. The average Bonchev–Trinajstić information content (AvgIpc) is 2.42. The Bertz CT molecular complexity index is 521. The van der Waals surface area contributed by atoms with Gasteiger partial charge in [0.1, 0.15) is 0 Å². The van der Waals surface area contributed by atoms with Crippen LogP contribution in [0.25, 0.3) is 6.08 Å². The molecule has 3 N–H and O–H groups in total.